The standard InChI is InChI=1S/C11H15NOS/c1-4-9(7-12)11(3,13)10-8(2)5-6-14-10/h5-6,9,13H,4H2,1-3H3. The maximum absolute atomic E-state index is 10.3. The quantitative estimate of drug-likeness (QED) is 0.832. The zero-order valence-electron chi connectivity index (χ0n) is 8.74. The van der Waals surface area contributed by atoms with Crippen LogP contribution in [0.15, 0.2) is 11.4 Å². The Balaban J connectivity index is 3.08. The van der Waals surface area contributed by atoms with Crippen molar-refractivity contribution >= 4 is 11.3 Å². The highest BCUT2D eigenvalue weighted by Crippen LogP contribution is 2.36. The maximum atomic E-state index is 10.3. The summed E-state index contributed by atoms with van der Waals surface area (Å²) in [6.07, 6.45) is 0.668. The highest BCUT2D eigenvalue weighted by atomic mass is 32.1. The molecule has 2 atom stereocenters. The Labute approximate surface area is 88.8 Å². The number of aliphatic hydroxyl groups is 1. The zero-order chi connectivity index (χ0) is 10.8. The van der Waals surface area contributed by atoms with Crippen LogP contribution in [0.5, 0.6) is 0 Å². The summed E-state index contributed by atoms with van der Waals surface area (Å²) in [7, 11) is 0. The number of aryl methyl sites for hydroxylation is 1. The Morgan fingerprint density at radius 2 is 2.36 bits per heavy atom. The van der Waals surface area contributed by atoms with E-state index >= 15 is 0 Å². The van der Waals surface area contributed by atoms with Crippen LogP contribution in [0.2, 0.25) is 0 Å². The molecule has 0 saturated carbocycles. The van der Waals surface area contributed by atoms with Crippen molar-refractivity contribution in [3.63, 3.8) is 0 Å². The molecule has 0 saturated heterocycles. The van der Waals surface area contributed by atoms with Crippen LogP contribution in [-0.4, -0.2) is 5.11 Å². The van der Waals surface area contributed by atoms with Crippen molar-refractivity contribution in [2.75, 3.05) is 0 Å². The van der Waals surface area contributed by atoms with Gasteiger partial charge in [-0.05, 0) is 37.3 Å². The molecule has 0 spiro atoms. The topological polar surface area (TPSA) is 44.0 Å². The van der Waals surface area contributed by atoms with Crippen LogP contribution in [0.1, 0.15) is 30.7 Å². The van der Waals surface area contributed by atoms with E-state index in [1.165, 1.54) is 11.3 Å². The van der Waals surface area contributed by atoms with E-state index in [9.17, 15) is 5.11 Å². The van der Waals surface area contributed by atoms with E-state index in [2.05, 4.69) is 6.07 Å². The lowest BCUT2D eigenvalue weighted by Gasteiger charge is -2.27. The van der Waals surface area contributed by atoms with E-state index in [0.29, 0.717) is 6.42 Å². The highest BCUT2D eigenvalue weighted by Gasteiger charge is 2.34. The summed E-state index contributed by atoms with van der Waals surface area (Å²) < 4.78 is 0. The molecule has 1 heterocycles. The van der Waals surface area contributed by atoms with Gasteiger partial charge in [-0.15, -0.1) is 11.3 Å². The summed E-state index contributed by atoms with van der Waals surface area (Å²) in [4.78, 5) is 0.908. The number of rotatable bonds is 3. The Morgan fingerprint density at radius 3 is 2.71 bits per heavy atom. The monoisotopic (exact) mass is 209 g/mol. The van der Waals surface area contributed by atoms with Crippen LogP contribution in [0.25, 0.3) is 0 Å². The van der Waals surface area contributed by atoms with Crippen molar-refractivity contribution in [3.8, 4) is 6.07 Å². The lowest BCUT2D eigenvalue weighted by molar-refractivity contribution is 0.0182. The smallest absolute Gasteiger partial charge is 0.112 e. The molecule has 14 heavy (non-hydrogen) atoms. The Kier molecular flexibility index (Phi) is 3.30. The van der Waals surface area contributed by atoms with Gasteiger partial charge in [0.1, 0.15) is 5.60 Å². The van der Waals surface area contributed by atoms with E-state index in [1.807, 2.05) is 25.3 Å². The molecular formula is C11H15NOS. The number of nitrogens with zero attached hydrogens (tertiary/aromatic N) is 1. The first kappa shape index (κ1) is 11.2. The fourth-order valence-electron chi connectivity index (χ4n) is 1.66. The summed E-state index contributed by atoms with van der Waals surface area (Å²) in [6, 6.07) is 4.13. The van der Waals surface area contributed by atoms with Crippen LogP contribution in [0, 0.1) is 24.2 Å². The van der Waals surface area contributed by atoms with Crippen molar-refractivity contribution in [2.45, 2.75) is 32.8 Å². The summed E-state index contributed by atoms with van der Waals surface area (Å²) >= 11 is 1.51. The molecule has 0 amide bonds. The third kappa shape index (κ3) is 1.82. The molecule has 0 radical (unpaired) electrons. The molecular weight excluding hydrogens is 194 g/mol. The van der Waals surface area contributed by atoms with Crippen LogP contribution in [0.3, 0.4) is 0 Å². The molecule has 0 aliphatic rings. The van der Waals surface area contributed by atoms with E-state index in [0.717, 1.165) is 10.4 Å². The average Bonchev–Trinajstić information content (AvgIpc) is 2.53. The van der Waals surface area contributed by atoms with E-state index in [4.69, 9.17) is 5.26 Å². The summed E-state index contributed by atoms with van der Waals surface area (Å²) in [5.41, 5.74) is 0.0515. The fraction of sp³-hybridized carbons (Fsp3) is 0.545. The Hall–Kier alpha value is -0.850. The molecule has 1 aromatic rings. The van der Waals surface area contributed by atoms with Gasteiger partial charge in [-0.3, -0.25) is 0 Å². The molecule has 3 heteroatoms. The van der Waals surface area contributed by atoms with Gasteiger partial charge in [-0.2, -0.15) is 5.26 Å². The number of hydrogen-bond donors (Lipinski definition) is 1. The van der Waals surface area contributed by atoms with E-state index < -0.39 is 5.60 Å². The van der Waals surface area contributed by atoms with E-state index in [1.54, 1.807) is 6.92 Å². The van der Waals surface area contributed by atoms with Crippen molar-refractivity contribution in [1.29, 1.82) is 5.26 Å². The lowest BCUT2D eigenvalue weighted by Crippen LogP contribution is -2.30. The Morgan fingerprint density at radius 1 is 1.71 bits per heavy atom. The molecule has 0 fully saturated rings. The summed E-state index contributed by atoms with van der Waals surface area (Å²) in [6.45, 7) is 5.61. The molecule has 2 nitrogen and oxygen atoms in total. The molecule has 0 aromatic carbocycles. The van der Waals surface area contributed by atoms with Gasteiger partial charge >= 0.3 is 0 Å². The summed E-state index contributed by atoms with van der Waals surface area (Å²) in [5, 5.41) is 21.2. The van der Waals surface area contributed by atoms with Crippen LogP contribution < -0.4 is 0 Å². The molecule has 0 bridgehead atoms. The minimum absolute atomic E-state index is 0.333. The first-order chi connectivity index (χ1) is 6.54. The first-order valence-electron chi connectivity index (χ1n) is 4.70. The van der Waals surface area contributed by atoms with Crippen molar-refractivity contribution in [3.05, 3.63) is 21.9 Å². The number of hydrogen-bond acceptors (Lipinski definition) is 3. The van der Waals surface area contributed by atoms with Gasteiger partial charge < -0.3 is 5.11 Å². The molecule has 1 N–H and O–H groups in total. The predicted molar refractivity (Wildman–Crippen MR) is 58.0 cm³/mol. The fourth-order valence-corrected chi connectivity index (χ4v) is 2.71. The van der Waals surface area contributed by atoms with Crippen LogP contribution in [0.4, 0.5) is 0 Å². The second-order valence-corrected chi connectivity index (χ2v) is 4.59. The second-order valence-electron chi connectivity index (χ2n) is 3.67. The van der Waals surface area contributed by atoms with Crippen molar-refractivity contribution in [2.24, 2.45) is 5.92 Å². The van der Waals surface area contributed by atoms with E-state index in [-0.39, 0.29) is 5.92 Å². The Bertz CT molecular complexity index is 348. The minimum atomic E-state index is -1.01. The molecule has 76 valence electrons. The van der Waals surface area contributed by atoms with Gasteiger partial charge in [-0.1, -0.05) is 6.92 Å². The maximum Gasteiger partial charge on any atom is 0.112 e. The third-order valence-corrected chi connectivity index (χ3v) is 3.81. The second kappa shape index (κ2) is 4.12. The molecule has 2 unspecified atom stereocenters. The third-order valence-electron chi connectivity index (χ3n) is 2.56. The van der Waals surface area contributed by atoms with Crippen molar-refractivity contribution < 1.29 is 5.11 Å². The van der Waals surface area contributed by atoms with Gasteiger partial charge in [0.25, 0.3) is 0 Å². The van der Waals surface area contributed by atoms with Gasteiger partial charge in [0, 0.05) is 4.88 Å². The van der Waals surface area contributed by atoms with Gasteiger partial charge in [0.2, 0.25) is 0 Å². The molecule has 0 aliphatic heterocycles. The van der Waals surface area contributed by atoms with Gasteiger partial charge in [0.05, 0.1) is 12.0 Å². The van der Waals surface area contributed by atoms with Crippen molar-refractivity contribution in [1.82, 2.24) is 0 Å². The molecule has 1 rings (SSSR count). The highest BCUT2D eigenvalue weighted by molar-refractivity contribution is 7.10. The molecule has 1 aromatic heterocycles. The van der Waals surface area contributed by atoms with Crippen LogP contribution >= 0.6 is 11.3 Å². The number of thiophene rings is 1. The SMILES string of the molecule is CCC(C#N)C(C)(O)c1sccc1C. The number of nitriles is 1. The predicted octanol–water partition coefficient (Wildman–Crippen LogP) is 2.81. The minimum Gasteiger partial charge on any atom is -0.383 e. The van der Waals surface area contributed by atoms with Gasteiger partial charge in [0.15, 0.2) is 0 Å². The lowest BCUT2D eigenvalue weighted by atomic mass is 9.85. The average molecular weight is 209 g/mol. The molecule has 0 aliphatic carbocycles. The normalized spacial score (nSPS) is 17.1. The van der Waals surface area contributed by atoms with Crippen LogP contribution in [-0.2, 0) is 5.60 Å². The summed E-state index contributed by atoms with van der Waals surface area (Å²) in [5.74, 6) is -0.333. The van der Waals surface area contributed by atoms with Gasteiger partial charge in [-0.25, -0.2) is 0 Å². The largest absolute Gasteiger partial charge is 0.383 e. The zero-order valence-corrected chi connectivity index (χ0v) is 9.56. The first-order valence-corrected chi connectivity index (χ1v) is 5.58.